The number of amides is 1. The molecule has 0 aromatic carbocycles. The molecule has 1 N–H and O–H groups in total. The Labute approximate surface area is 125 Å². The van der Waals surface area contributed by atoms with Gasteiger partial charge >= 0.3 is 0 Å². The highest BCUT2D eigenvalue weighted by atomic mass is 16.2. The van der Waals surface area contributed by atoms with Crippen molar-refractivity contribution in [1.29, 1.82) is 0 Å². The van der Waals surface area contributed by atoms with Crippen LogP contribution in [0.2, 0.25) is 0 Å². The van der Waals surface area contributed by atoms with Gasteiger partial charge < -0.3 is 10.2 Å². The van der Waals surface area contributed by atoms with E-state index in [9.17, 15) is 9.59 Å². The van der Waals surface area contributed by atoms with Crippen molar-refractivity contribution in [2.45, 2.75) is 39.0 Å². The molecular formula is C16H23N3O2. The summed E-state index contributed by atoms with van der Waals surface area (Å²) >= 11 is 0. The molecule has 114 valence electrons. The van der Waals surface area contributed by atoms with E-state index >= 15 is 0 Å². The lowest BCUT2D eigenvalue weighted by Gasteiger charge is -2.20. The zero-order chi connectivity index (χ0) is 15.1. The van der Waals surface area contributed by atoms with E-state index in [0.717, 1.165) is 25.9 Å². The summed E-state index contributed by atoms with van der Waals surface area (Å²) < 4.78 is 0. The number of carbonyl (C=O) groups excluding carboxylic acids is 2. The zero-order valence-electron chi connectivity index (χ0n) is 12.6. The molecule has 5 heteroatoms. The monoisotopic (exact) mass is 289 g/mol. The van der Waals surface area contributed by atoms with Crippen LogP contribution in [0.3, 0.4) is 0 Å². The highest BCUT2D eigenvalue weighted by molar-refractivity contribution is 5.93. The molecule has 1 amide bonds. The first-order valence-corrected chi connectivity index (χ1v) is 7.65. The Kier molecular flexibility index (Phi) is 5.72. The van der Waals surface area contributed by atoms with Crippen LogP contribution in [0.25, 0.3) is 0 Å². The van der Waals surface area contributed by atoms with Gasteiger partial charge in [0.2, 0.25) is 5.91 Å². The number of ketones is 1. The van der Waals surface area contributed by atoms with E-state index in [2.05, 4.69) is 10.3 Å². The van der Waals surface area contributed by atoms with Crippen molar-refractivity contribution in [2.75, 3.05) is 25.0 Å². The Bertz CT molecular complexity index is 477. The molecule has 5 nitrogen and oxygen atoms in total. The second-order valence-electron chi connectivity index (χ2n) is 5.46. The summed E-state index contributed by atoms with van der Waals surface area (Å²) in [6.45, 7) is 3.88. The largest absolute Gasteiger partial charge is 0.370 e. The fraction of sp³-hybridized carbons (Fsp3) is 0.562. The van der Waals surface area contributed by atoms with Crippen LogP contribution in [-0.4, -0.2) is 41.2 Å². The third-order valence-corrected chi connectivity index (χ3v) is 3.77. The van der Waals surface area contributed by atoms with Gasteiger partial charge in [-0.05, 0) is 31.9 Å². The maximum Gasteiger partial charge on any atom is 0.224 e. The van der Waals surface area contributed by atoms with Crippen molar-refractivity contribution >= 4 is 17.5 Å². The van der Waals surface area contributed by atoms with Crippen LogP contribution >= 0.6 is 0 Å². The van der Waals surface area contributed by atoms with Gasteiger partial charge in [0.25, 0.3) is 0 Å². The molecule has 1 aliphatic heterocycles. The minimum absolute atomic E-state index is 0.00499. The number of carbonyl (C=O) groups is 2. The molecule has 0 unspecified atom stereocenters. The van der Waals surface area contributed by atoms with E-state index in [4.69, 9.17) is 0 Å². The smallest absolute Gasteiger partial charge is 0.224 e. The number of aromatic nitrogens is 1. The second kappa shape index (κ2) is 7.76. The Morgan fingerprint density at radius 2 is 1.90 bits per heavy atom. The Balaban J connectivity index is 1.75. The fourth-order valence-corrected chi connectivity index (χ4v) is 2.48. The minimum Gasteiger partial charge on any atom is -0.370 e. The molecule has 1 aliphatic rings. The molecule has 1 saturated heterocycles. The lowest BCUT2D eigenvalue weighted by Crippen LogP contribution is -2.32. The van der Waals surface area contributed by atoms with Crippen molar-refractivity contribution in [3.63, 3.8) is 0 Å². The summed E-state index contributed by atoms with van der Waals surface area (Å²) in [6, 6.07) is 3.52. The number of nitrogens with zero attached hydrogens (tertiary/aromatic N) is 2. The third-order valence-electron chi connectivity index (χ3n) is 3.77. The first kappa shape index (κ1) is 15.5. The molecule has 1 fully saturated rings. The molecule has 2 rings (SSSR count). The van der Waals surface area contributed by atoms with Crippen LogP contribution in [0.5, 0.6) is 0 Å². The summed E-state index contributed by atoms with van der Waals surface area (Å²) in [5.74, 6) is 0.916. The predicted octanol–water partition coefficient (Wildman–Crippen LogP) is 2.49. The van der Waals surface area contributed by atoms with Crippen LogP contribution < -0.4 is 5.32 Å². The molecule has 0 bridgehead atoms. The maximum absolute atomic E-state index is 12.1. The van der Waals surface area contributed by atoms with Gasteiger partial charge in [-0.15, -0.1) is 0 Å². The molecule has 1 aromatic heterocycles. The van der Waals surface area contributed by atoms with Crippen LogP contribution in [-0.2, 0) is 4.79 Å². The number of hydrogen-bond acceptors (Lipinski definition) is 4. The maximum atomic E-state index is 12.1. The molecule has 0 radical (unpaired) electrons. The van der Waals surface area contributed by atoms with Gasteiger partial charge in [-0.2, -0.15) is 0 Å². The predicted molar refractivity (Wildman–Crippen MR) is 82.4 cm³/mol. The van der Waals surface area contributed by atoms with Crippen LogP contribution in [0.1, 0.15) is 49.4 Å². The summed E-state index contributed by atoms with van der Waals surface area (Å²) in [7, 11) is 0. The van der Waals surface area contributed by atoms with E-state index in [1.165, 1.54) is 19.8 Å². The number of anilines is 1. The third kappa shape index (κ3) is 4.85. The van der Waals surface area contributed by atoms with E-state index in [0.29, 0.717) is 24.3 Å². The Morgan fingerprint density at radius 1 is 1.19 bits per heavy atom. The first-order chi connectivity index (χ1) is 10.2. The van der Waals surface area contributed by atoms with Crippen molar-refractivity contribution in [3.05, 3.63) is 23.9 Å². The second-order valence-corrected chi connectivity index (χ2v) is 5.46. The van der Waals surface area contributed by atoms with Crippen molar-refractivity contribution in [3.8, 4) is 0 Å². The molecular weight excluding hydrogens is 266 g/mol. The normalized spacial score (nSPS) is 15.4. The highest BCUT2D eigenvalue weighted by Crippen LogP contribution is 2.11. The van der Waals surface area contributed by atoms with Gasteiger partial charge in [-0.3, -0.25) is 9.59 Å². The van der Waals surface area contributed by atoms with Crippen LogP contribution in [0.4, 0.5) is 5.82 Å². The molecule has 0 aliphatic carbocycles. The number of nitrogens with one attached hydrogen (secondary N) is 1. The molecule has 21 heavy (non-hydrogen) atoms. The molecule has 0 atom stereocenters. The number of likely N-dealkylation sites (tertiary alicyclic amines) is 1. The number of rotatable bonds is 5. The molecule has 1 aromatic rings. The van der Waals surface area contributed by atoms with Gasteiger partial charge in [-0.25, -0.2) is 4.98 Å². The Hall–Kier alpha value is -1.91. The lowest BCUT2D eigenvalue weighted by molar-refractivity contribution is -0.130. The van der Waals surface area contributed by atoms with Gasteiger partial charge in [0.15, 0.2) is 5.78 Å². The summed E-state index contributed by atoms with van der Waals surface area (Å²) in [5.41, 5.74) is 0.598. The number of Topliss-reactive ketones (excluding diaryl/α,β-unsaturated/α-hetero) is 1. The van der Waals surface area contributed by atoms with Gasteiger partial charge in [0, 0.05) is 37.8 Å². The fourth-order valence-electron chi connectivity index (χ4n) is 2.48. The zero-order valence-corrected chi connectivity index (χ0v) is 12.6. The molecule has 0 spiro atoms. The van der Waals surface area contributed by atoms with E-state index < -0.39 is 0 Å². The number of hydrogen-bond donors (Lipinski definition) is 1. The molecule has 2 heterocycles. The van der Waals surface area contributed by atoms with Crippen LogP contribution in [0, 0.1) is 0 Å². The van der Waals surface area contributed by atoms with Crippen LogP contribution in [0.15, 0.2) is 18.3 Å². The lowest BCUT2D eigenvalue weighted by atomic mass is 10.2. The van der Waals surface area contributed by atoms with E-state index in [-0.39, 0.29) is 11.7 Å². The van der Waals surface area contributed by atoms with Gasteiger partial charge in [0.05, 0.1) is 0 Å². The summed E-state index contributed by atoms with van der Waals surface area (Å²) in [4.78, 5) is 29.4. The molecule has 0 saturated carbocycles. The quantitative estimate of drug-likeness (QED) is 0.846. The minimum atomic E-state index is 0.00499. The first-order valence-electron chi connectivity index (χ1n) is 7.65. The van der Waals surface area contributed by atoms with E-state index in [1.807, 2.05) is 4.90 Å². The van der Waals surface area contributed by atoms with Crippen molar-refractivity contribution < 1.29 is 9.59 Å². The van der Waals surface area contributed by atoms with Gasteiger partial charge in [0.1, 0.15) is 5.82 Å². The van der Waals surface area contributed by atoms with Gasteiger partial charge in [-0.1, -0.05) is 12.8 Å². The van der Waals surface area contributed by atoms with Crippen molar-refractivity contribution in [1.82, 2.24) is 9.88 Å². The van der Waals surface area contributed by atoms with Crippen molar-refractivity contribution in [2.24, 2.45) is 0 Å². The number of pyridine rings is 1. The standard InChI is InChI=1S/C16H23N3O2/c1-13(20)14-6-7-15(18-12-14)17-9-8-16(21)19-10-4-2-3-5-11-19/h6-7,12H,2-5,8-11H2,1H3,(H,17,18). The summed E-state index contributed by atoms with van der Waals surface area (Å²) in [5, 5.41) is 3.13. The Morgan fingerprint density at radius 3 is 2.48 bits per heavy atom. The van der Waals surface area contributed by atoms with E-state index in [1.54, 1.807) is 18.3 Å². The summed E-state index contributed by atoms with van der Waals surface area (Å²) in [6.07, 6.45) is 6.74. The SMILES string of the molecule is CC(=O)c1ccc(NCCC(=O)N2CCCCCC2)nc1. The average molecular weight is 289 g/mol. The topological polar surface area (TPSA) is 62.3 Å². The average Bonchev–Trinajstić information content (AvgIpc) is 2.77. The highest BCUT2D eigenvalue weighted by Gasteiger charge is 2.14.